The normalized spacial score (nSPS) is 17.6. The molecule has 4 rings (SSSR count). The summed E-state index contributed by atoms with van der Waals surface area (Å²) in [6, 6.07) is 15.3. The van der Waals surface area contributed by atoms with E-state index in [1.807, 2.05) is 0 Å². The number of rotatable bonds is 4. The Bertz CT molecular complexity index is 1260. The highest BCUT2D eigenvalue weighted by Gasteiger charge is 2.47. The molecule has 1 saturated heterocycles. The van der Waals surface area contributed by atoms with Gasteiger partial charge >= 0.3 is 0 Å². The Morgan fingerprint density at radius 2 is 1.56 bits per heavy atom. The molecule has 0 bridgehead atoms. The molecule has 0 spiro atoms. The number of hydrogen-bond acceptors (Lipinski definition) is 5. The number of nitro benzene ring substituents is 1. The van der Waals surface area contributed by atoms with Crippen molar-refractivity contribution in [1.29, 1.82) is 0 Å². The lowest BCUT2D eigenvalue weighted by atomic mass is 9.95. The van der Waals surface area contributed by atoms with Crippen molar-refractivity contribution < 1.29 is 24.0 Å². The van der Waals surface area contributed by atoms with Gasteiger partial charge in [0.1, 0.15) is 11.6 Å². The maximum Gasteiger partial charge on any atom is 0.300 e. The van der Waals surface area contributed by atoms with Gasteiger partial charge in [-0.15, -0.1) is 0 Å². The Labute approximate surface area is 186 Å². The molecule has 9 heteroatoms. The first-order chi connectivity index (χ1) is 15.3. The van der Waals surface area contributed by atoms with Crippen LogP contribution in [0.4, 0.5) is 15.8 Å². The van der Waals surface area contributed by atoms with Crippen LogP contribution in [0.1, 0.15) is 17.2 Å². The monoisotopic (exact) mass is 452 g/mol. The summed E-state index contributed by atoms with van der Waals surface area (Å²) >= 11 is 5.98. The van der Waals surface area contributed by atoms with E-state index < -0.39 is 34.2 Å². The van der Waals surface area contributed by atoms with Crippen LogP contribution in [0.15, 0.2) is 78.4 Å². The molecule has 1 aliphatic rings. The van der Waals surface area contributed by atoms with Gasteiger partial charge in [0.05, 0.1) is 16.5 Å². The van der Waals surface area contributed by atoms with Crippen molar-refractivity contribution in [3.05, 3.63) is 110 Å². The summed E-state index contributed by atoms with van der Waals surface area (Å²) in [6.45, 7) is 0. The van der Waals surface area contributed by atoms with Crippen molar-refractivity contribution in [2.45, 2.75) is 6.04 Å². The number of carbonyl (C=O) groups is 2. The lowest BCUT2D eigenvalue weighted by molar-refractivity contribution is -0.384. The lowest BCUT2D eigenvalue weighted by Gasteiger charge is -2.25. The minimum Gasteiger partial charge on any atom is -0.507 e. The van der Waals surface area contributed by atoms with Gasteiger partial charge < -0.3 is 5.11 Å². The van der Waals surface area contributed by atoms with Crippen molar-refractivity contribution in [2.24, 2.45) is 0 Å². The van der Waals surface area contributed by atoms with E-state index in [4.69, 9.17) is 11.6 Å². The number of aliphatic hydroxyl groups excluding tert-OH is 1. The molecule has 1 N–H and O–H groups in total. The van der Waals surface area contributed by atoms with Gasteiger partial charge in [-0.3, -0.25) is 24.6 Å². The highest BCUT2D eigenvalue weighted by Crippen LogP contribution is 2.42. The van der Waals surface area contributed by atoms with E-state index in [9.17, 15) is 29.2 Å². The predicted octanol–water partition coefficient (Wildman–Crippen LogP) is 5.01. The van der Waals surface area contributed by atoms with Gasteiger partial charge in [0.15, 0.2) is 0 Å². The second kappa shape index (κ2) is 8.24. The molecule has 3 aromatic rings. The van der Waals surface area contributed by atoms with Crippen LogP contribution in [0.25, 0.3) is 5.76 Å². The number of aliphatic hydroxyl groups is 1. The molecule has 1 atom stereocenters. The Morgan fingerprint density at radius 1 is 0.969 bits per heavy atom. The molecule has 160 valence electrons. The van der Waals surface area contributed by atoms with Gasteiger partial charge in [-0.1, -0.05) is 23.7 Å². The van der Waals surface area contributed by atoms with E-state index in [2.05, 4.69) is 0 Å². The van der Waals surface area contributed by atoms with Gasteiger partial charge in [-0.05, 0) is 54.1 Å². The van der Waals surface area contributed by atoms with Crippen molar-refractivity contribution in [1.82, 2.24) is 0 Å². The Morgan fingerprint density at radius 3 is 2.12 bits per heavy atom. The first-order valence-corrected chi connectivity index (χ1v) is 9.72. The number of carbonyl (C=O) groups excluding carboxylic acids is 2. The third-order valence-corrected chi connectivity index (χ3v) is 5.34. The van der Waals surface area contributed by atoms with Crippen LogP contribution >= 0.6 is 11.6 Å². The fourth-order valence-electron chi connectivity index (χ4n) is 3.56. The number of nitro groups is 1. The van der Waals surface area contributed by atoms with E-state index in [1.165, 1.54) is 41.3 Å². The first kappa shape index (κ1) is 21.2. The van der Waals surface area contributed by atoms with Crippen LogP contribution in [-0.4, -0.2) is 21.7 Å². The quantitative estimate of drug-likeness (QED) is 0.197. The van der Waals surface area contributed by atoms with Crippen LogP contribution in [0.5, 0.6) is 0 Å². The zero-order chi connectivity index (χ0) is 23.0. The Hall–Kier alpha value is -4.04. The standard InChI is InChI=1S/C23H14ClFN2O5/c24-15-5-1-13(2-6-15)20-19(21(28)14-3-9-18(10-4-14)27(31)32)22(29)23(30)26(20)17-11-7-16(25)8-12-17/h1-12,20,28H/b21-19-. The van der Waals surface area contributed by atoms with Gasteiger partial charge in [-0.2, -0.15) is 0 Å². The second-order valence-electron chi connectivity index (χ2n) is 7.00. The average molecular weight is 453 g/mol. The van der Waals surface area contributed by atoms with Gasteiger partial charge in [0, 0.05) is 28.4 Å². The summed E-state index contributed by atoms with van der Waals surface area (Å²) < 4.78 is 13.4. The van der Waals surface area contributed by atoms with E-state index in [1.54, 1.807) is 24.3 Å². The number of halogens is 2. The number of benzene rings is 3. The maximum absolute atomic E-state index is 13.4. The number of ketones is 1. The molecule has 1 fully saturated rings. The molecule has 7 nitrogen and oxygen atoms in total. The number of anilines is 1. The van der Waals surface area contributed by atoms with E-state index in [0.717, 1.165) is 12.1 Å². The summed E-state index contributed by atoms with van der Waals surface area (Å²) in [5.41, 5.74) is 0.488. The molecular weight excluding hydrogens is 439 g/mol. The summed E-state index contributed by atoms with van der Waals surface area (Å²) in [5, 5.41) is 22.3. The molecule has 1 unspecified atom stereocenters. The van der Waals surface area contributed by atoms with E-state index in [-0.39, 0.29) is 22.5 Å². The minimum absolute atomic E-state index is 0.131. The Kier molecular flexibility index (Phi) is 5.46. The van der Waals surface area contributed by atoms with Crippen LogP contribution in [-0.2, 0) is 9.59 Å². The smallest absolute Gasteiger partial charge is 0.300 e. The largest absolute Gasteiger partial charge is 0.507 e. The van der Waals surface area contributed by atoms with Crippen molar-refractivity contribution in [2.75, 3.05) is 4.90 Å². The molecule has 3 aromatic carbocycles. The Balaban J connectivity index is 1.90. The summed E-state index contributed by atoms with van der Waals surface area (Å²) in [5.74, 6) is -2.84. The average Bonchev–Trinajstić information content (AvgIpc) is 3.05. The molecule has 0 radical (unpaired) electrons. The van der Waals surface area contributed by atoms with Crippen LogP contribution in [0.3, 0.4) is 0 Å². The number of hydrogen-bond donors (Lipinski definition) is 1. The number of nitrogens with zero attached hydrogens (tertiary/aromatic N) is 2. The third kappa shape index (κ3) is 3.72. The van der Waals surface area contributed by atoms with Gasteiger partial charge in [0.2, 0.25) is 0 Å². The van der Waals surface area contributed by atoms with Crippen molar-refractivity contribution in [3.63, 3.8) is 0 Å². The topological polar surface area (TPSA) is 101 Å². The summed E-state index contributed by atoms with van der Waals surface area (Å²) in [7, 11) is 0. The number of amides is 1. The van der Waals surface area contributed by atoms with Crippen LogP contribution in [0, 0.1) is 15.9 Å². The summed E-state index contributed by atoms with van der Waals surface area (Å²) in [6.07, 6.45) is 0. The van der Waals surface area contributed by atoms with Gasteiger partial charge in [-0.25, -0.2) is 4.39 Å². The maximum atomic E-state index is 13.4. The second-order valence-corrected chi connectivity index (χ2v) is 7.44. The molecule has 1 amide bonds. The fourth-order valence-corrected chi connectivity index (χ4v) is 3.68. The molecular formula is C23H14ClFN2O5. The van der Waals surface area contributed by atoms with Crippen LogP contribution in [0.2, 0.25) is 5.02 Å². The van der Waals surface area contributed by atoms with E-state index >= 15 is 0 Å². The molecule has 0 saturated carbocycles. The number of Topliss-reactive ketones (excluding diaryl/α,β-unsaturated/α-hetero) is 1. The van der Waals surface area contributed by atoms with Crippen molar-refractivity contribution in [3.8, 4) is 0 Å². The molecule has 0 aliphatic carbocycles. The first-order valence-electron chi connectivity index (χ1n) is 9.35. The number of non-ortho nitro benzene ring substituents is 1. The zero-order valence-corrected chi connectivity index (χ0v) is 17.0. The van der Waals surface area contributed by atoms with Crippen LogP contribution < -0.4 is 4.90 Å². The summed E-state index contributed by atoms with van der Waals surface area (Å²) in [4.78, 5) is 37.4. The molecule has 0 aromatic heterocycles. The third-order valence-electron chi connectivity index (χ3n) is 5.09. The van der Waals surface area contributed by atoms with Crippen molar-refractivity contribution >= 4 is 40.4 Å². The zero-order valence-electron chi connectivity index (χ0n) is 16.2. The van der Waals surface area contributed by atoms with E-state index in [0.29, 0.717) is 10.6 Å². The SMILES string of the molecule is O=C1C(=O)N(c2ccc(F)cc2)C(c2ccc(Cl)cc2)/C1=C(/O)c1ccc([N+](=O)[O-])cc1. The lowest BCUT2D eigenvalue weighted by Crippen LogP contribution is -2.29. The highest BCUT2D eigenvalue weighted by atomic mass is 35.5. The fraction of sp³-hybridized carbons (Fsp3) is 0.0435. The van der Waals surface area contributed by atoms with Gasteiger partial charge in [0.25, 0.3) is 17.4 Å². The molecule has 1 aliphatic heterocycles. The highest BCUT2D eigenvalue weighted by molar-refractivity contribution is 6.51. The predicted molar refractivity (Wildman–Crippen MR) is 116 cm³/mol. The molecule has 1 heterocycles. The minimum atomic E-state index is -1.02. The molecule has 32 heavy (non-hydrogen) atoms.